The highest BCUT2D eigenvalue weighted by molar-refractivity contribution is 8.03. The van der Waals surface area contributed by atoms with Crippen LogP contribution in [0.5, 0.6) is 0 Å². The van der Waals surface area contributed by atoms with Crippen molar-refractivity contribution in [1.29, 1.82) is 0 Å². The zero-order chi connectivity index (χ0) is 17.0. The summed E-state index contributed by atoms with van der Waals surface area (Å²) in [5, 5.41) is 10.6. The summed E-state index contributed by atoms with van der Waals surface area (Å²) in [5.74, 6) is 4.03. The molecule has 0 spiro atoms. The molecule has 0 atom stereocenters. The second-order valence-corrected chi connectivity index (χ2v) is 7.34. The Kier molecular flexibility index (Phi) is 6.29. The van der Waals surface area contributed by atoms with Gasteiger partial charge in [-0.05, 0) is 31.0 Å². The van der Waals surface area contributed by atoms with Crippen molar-refractivity contribution in [3.8, 4) is 0 Å². The molecule has 9 heteroatoms. The van der Waals surface area contributed by atoms with Gasteiger partial charge in [-0.25, -0.2) is 4.79 Å². The number of carbonyl (C=O) groups is 1. The minimum Gasteiger partial charge on any atom is -0.476 e. The second-order valence-electron chi connectivity index (χ2n) is 5.12. The van der Waals surface area contributed by atoms with Gasteiger partial charge in [-0.2, -0.15) is 0 Å². The van der Waals surface area contributed by atoms with Crippen LogP contribution >= 0.6 is 35.0 Å². The summed E-state index contributed by atoms with van der Waals surface area (Å²) in [6.07, 6.45) is 1.74. The van der Waals surface area contributed by atoms with E-state index in [2.05, 4.69) is 10.3 Å². The van der Waals surface area contributed by atoms with E-state index in [1.165, 1.54) is 11.8 Å². The van der Waals surface area contributed by atoms with Gasteiger partial charge < -0.3 is 21.2 Å². The van der Waals surface area contributed by atoms with Crippen LogP contribution in [0.3, 0.4) is 0 Å². The molecule has 126 valence electrons. The standard InChI is InChI=1S/C14H18Cl2N4O2S/c15-8-5-9(16)7-10(6-8)20-3-1-11(2-4-20)23-13(17)12(19-18)14(21)22/h5-7,11,19H,1-4,17-18H2,(H,21,22)/b13-12+. The quantitative estimate of drug-likeness (QED) is 0.355. The van der Waals surface area contributed by atoms with Crippen molar-refractivity contribution < 1.29 is 9.90 Å². The molecule has 0 radical (unpaired) electrons. The first-order chi connectivity index (χ1) is 10.9. The molecule has 1 saturated heterocycles. The molecular weight excluding hydrogens is 359 g/mol. The predicted molar refractivity (Wildman–Crippen MR) is 95.5 cm³/mol. The number of anilines is 1. The van der Waals surface area contributed by atoms with Crippen LogP contribution in [0.25, 0.3) is 0 Å². The van der Waals surface area contributed by atoms with Gasteiger partial charge in [0.2, 0.25) is 0 Å². The molecule has 1 heterocycles. The summed E-state index contributed by atoms with van der Waals surface area (Å²) in [6.45, 7) is 1.64. The molecular formula is C14H18Cl2N4O2S. The zero-order valence-electron chi connectivity index (χ0n) is 12.3. The maximum absolute atomic E-state index is 11.0. The Morgan fingerprint density at radius 1 is 1.26 bits per heavy atom. The topological polar surface area (TPSA) is 105 Å². The molecule has 2 rings (SSSR count). The number of benzene rings is 1. The van der Waals surface area contributed by atoms with Gasteiger partial charge >= 0.3 is 5.97 Å². The van der Waals surface area contributed by atoms with Crippen LogP contribution < -0.4 is 21.9 Å². The molecule has 6 N–H and O–H groups in total. The minimum absolute atomic E-state index is 0.168. The highest BCUT2D eigenvalue weighted by Gasteiger charge is 2.23. The monoisotopic (exact) mass is 376 g/mol. The average molecular weight is 377 g/mol. The van der Waals surface area contributed by atoms with Crippen LogP contribution in [0.15, 0.2) is 28.9 Å². The Balaban J connectivity index is 1.97. The number of aliphatic carboxylic acids is 1. The highest BCUT2D eigenvalue weighted by atomic mass is 35.5. The Labute approximate surface area is 148 Å². The lowest BCUT2D eigenvalue weighted by Gasteiger charge is -2.33. The van der Waals surface area contributed by atoms with Crippen molar-refractivity contribution >= 4 is 46.6 Å². The van der Waals surface area contributed by atoms with E-state index in [1.807, 2.05) is 12.1 Å². The number of rotatable bonds is 5. The van der Waals surface area contributed by atoms with Crippen LogP contribution in [0.1, 0.15) is 12.8 Å². The lowest BCUT2D eigenvalue weighted by molar-refractivity contribution is -0.133. The van der Waals surface area contributed by atoms with E-state index in [4.69, 9.17) is 39.9 Å². The van der Waals surface area contributed by atoms with E-state index in [0.29, 0.717) is 10.0 Å². The van der Waals surface area contributed by atoms with Crippen molar-refractivity contribution in [1.82, 2.24) is 5.43 Å². The number of nitrogens with two attached hydrogens (primary N) is 2. The maximum atomic E-state index is 11.0. The molecule has 0 aromatic heterocycles. The fourth-order valence-corrected chi connectivity index (χ4v) is 4.01. The third-order valence-electron chi connectivity index (χ3n) is 3.55. The molecule has 0 bridgehead atoms. The van der Waals surface area contributed by atoms with Gasteiger partial charge in [0, 0.05) is 34.1 Å². The smallest absolute Gasteiger partial charge is 0.356 e. The first-order valence-electron chi connectivity index (χ1n) is 6.98. The van der Waals surface area contributed by atoms with Crippen LogP contribution in [0, 0.1) is 0 Å². The summed E-state index contributed by atoms with van der Waals surface area (Å²) in [4.78, 5) is 13.2. The number of halogens is 2. The number of hydrazine groups is 1. The Hall–Kier alpha value is -1.28. The van der Waals surface area contributed by atoms with Crippen LogP contribution in [-0.2, 0) is 4.79 Å². The van der Waals surface area contributed by atoms with Crippen molar-refractivity contribution in [3.63, 3.8) is 0 Å². The first kappa shape index (κ1) is 18.1. The van der Waals surface area contributed by atoms with E-state index in [9.17, 15) is 4.79 Å². The number of hydrogen-bond acceptors (Lipinski definition) is 6. The number of nitrogens with one attached hydrogen (secondary N) is 1. The highest BCUT2D eigenvalue weighted by Crippen LogP contribution is 2.32. The Morgan fingerprint density at radius 3 is 2.30 bits per heavy atom. The number of piperidine rings is 1. The average Bonchev–Trinajstić information content (AvgIpc) is 2.47. The van der Waals surface area contributed by atoms with Crippen molar-refractivity contribution in [3.05, 3.63) is 39.0 Å². The van der Waals surface area contributed by atoms with Crippen LogP contribution in [0.4, 0.5) is 5.69 Å². The van der Waals surface area contributed by atoms with E-state index in [1.54, 1.807) is 6.07 Å². The molecule has 1 fully saturated rings. The molecule has 1 aliphatic rings. The van der Waals surface area contributed by atoms with E-state index in [-0.39, 0.29) is 16.0 Å². The van der Waals surface area contributed by atoms with E-state index >= 15 is 0 Å². The third-order valence-corrected chi connectivity index (χ3v) is 5.25. The largest absolute Gasteiger partial charge is 0.476 e. The Morgan fingerprint density at radius 2 is 1.83 bits per heavy atom. The van der Waals surface area contributed by atoms with Gasteiger partial charge in [0.15, 0.2) is 5.70 Å². The lowest BCUT2D eigenvalue weighted by Crippen LogP contribution is -2.35. The van der Waals surface area contributed by atoms with Crippen LogP contribution in [-0.4, -0.2) is 29.4 Å². The van der Waals surface area contributed by atoms with E-state index in [0.717, 1.165) is 31.6 Å². The fourth-order valence-electron chi connectivity index (χ4n) is 2.43. The van der Waals surface area contributed by atoms with Gasteiger partial charge in [0.25, 0.3) is 0 Å². The normalized spacial score (nSPS) is 16.9. The zero-order valence-corrected chi connectivity index (χ0v) is 14.6. The van der Waals surface area contributed by atoms with Gasteiger partial charge in [-0.1, -0.05) is 23.2 Å². The third kappa shape index (κ3) is 4.84. The molecule has 1 aliphatic heterocycles. The first-order valence-corrected chi connectivity index (χ1v) is 8.61. The number of carboxylic acids is 1. The Bertz CT molecular complexity index is 599. The summed E-state index contributed by atoms with van der Waals surface area (Å²) < 4.78 is 0. The molecule has 23 heavy (non-hydrogen) atoms. The van der Waals surface area contributed by atoms with Gasteiger partial charge in [0.1, 0.15) is 0 Å². The molecule has 0 amide bonds. The molecule has 6 nitrogen and oxygen atoms in total. The summed E-state index contributed by atoms with van der Waals surface area (Å²) in [7, 11) is 0. The van der Waals surface area contributed by atoms with E-state index < -0.39 is 5.97 Å². The van der Waals surface area contributed by atoms with Crippen molar-refractivity contribution in [2.24, 2.45) is 11.6 Å². The number of hydrogen-bond donors (Lipinski definition) is 4. The van der Waals surface area contributed by atoms with Gasteiger partial charge in [-0.15, -0.1) is 11.8 Å². The molecule has 0 aliphatic carbocycles. The summed E-state index contributed by atoms with van der Waals surface area (Å²) in [5.41, 5.74) is 8.77. The SMILES string of the molecule is NN/C(C(=O)O)=C(\N)SC1CCN(c2cc(Cl)cc(Cl)c2)CC1. The molecule has 0 saturated carbocycles. The van der Waals surface area contributed by atoms with Crippen molar-refractivity contribution in [2.45, 2.75) is 18.1 Å². The predicted octanol–water partition coefficient (Wildman–Crippen LogP) is 2.37. The number of thioether (sulfide) groups is 1. The lowest BCUT2D eigenvalue weighted by atomic mass is 10.1. The maximum Gasteiger partial charge on any atom is 0.356 e. The number of nitrogens with zero attached hydrogens (tertiary/aromatic N) is 1. The summed E-state index contributed by atoms with van der Waals surface area (Å²) in [6, 6.07) is 5.47. The second kappa shape index (κ2) is 8.01. The fraction of sp³-hybridized carbons (Fsp3) is 0.357. The number of carboxylic acid groups (broad SMARTS) is 1. The van der Waals surface area contributed by atoms with Crippen molar-refractivity contribution in [2.75, 3.05) is 18.0 Å². The molecule has 1 aromatic carbocycles. The minimum atomic E-state index is -1.16. The molecule has 0 unspecified atom stereocenters. The summed E-state index contributed by atoms with van der Waals surface area (Å²) >= 11 is 13.4. The van der Waals surface area contributed by atoms with Gasteiger partial charge in [0.05, 0.1) is 5.03 Å². The van der Waals surface area contributed by atoms with Crippen LogP contribution in [0.2, 0.25) is 10.0 Å². The van der Waals surface area contributed by atoms with Gasteiger partial charge in [-0.3, -0.25) is 5.84 Å². The molecule has 1 aromatic rings.